The molecule has 1 N–H and O–H groups in total. The Bertz CT molecular complexity index is 473. The molecule has 1 aliphatic rings. The number of thioether (sulfide) groups is 1. The number of carboxylic acid groups (broad SMARTS) is 1. The highest BCUT2D eigenvalue weighted by atomic mass is 79.9. The summed E-state index contributed by atoms with van der Waals surface area (Å²) >= 11 is 4.95. The topological polar surface area (TPSA) is 49.7 Å². The van der Waals surface area contributed by atoms with Crippen LogP contribution in [-0.4, -0.2) is 27.9 Å². The molecule has 0 fully saturated rings. The van der Waals surface area contributed by atoms with Gasteiger partial charge >= 0.3 is 5.97 Å². The van der Waals surface area contributed by atoms with Gasteiger partial charge in [-0.2, -0.15) is 0 Å². The van der Waals surface area contributed by atoms with E-state index in [4.69, 9.17) is 5.11 Å². The Balaban J connectivity index is 2.35. The van der Waals surface area contributed by atoms with Gasteiger partial charge in [-0.1, -0.05) is 27.6 Å². The third-order valence-corrected chi connectivity index (χ3v) is 4.06. The zero-order valence-corrected chi connectivity index (χ0v) is 11.0. The molecular weight excluding hydrogens is 290 g/mol. The first-order valence-electron chi connectivity index (χ1n) is 4.78. The summed E-state index contributed by atoms with van der Waals surface area (Å²) in [5, 5.41) is 9.68. The third-order valence-electron chi connectivity index (χ3n) is 2.29. The van der Waals surface area contributed by atoms with Gasteiger partial charge in [-0.15, -0.1) is 11.8 Å². The molecule has 5 heteroatoms. The zero-order chi connectivity index (χ0) is 11.7. The number of rotatable bonds is 2. The summed E-state index contributed by atoms with van der Waals surface area (Å²) in [6, 6.07) is 5.37. The van der Waals surface area contributed by atoms with E-state index in [1.54, 1.807) is 0 Å². The number of halogens is 1. The Labute approximate surface area is 106 Å². The Morgan fingerprint density at radius 2 is 2.38 bits per heavy atom. The molecule has 2 rings (SSSR count). The molecule has 1 unspecified atom stereocenters. The smallest absolute Gasteiger partial charge is 0.329 e. The van der Waals surface area contributed by atoms with Crippen molar-refractivity contribution in [2.75, 3.05) is 5.75 Å². The van der Waals surface area contributed by atoms with Gasteiger partial charge < -0.3 is 5.11 Å². The van der Waals surface area contributed by atoms with Gasteiger partial charge in [0.2, 0.25) is 0 Å². The molecule has 16 heavy (non-hydrogen) atoms. The summed E-state index contributed by atoms with van der Waals surface area (Å²) in [5.74, 6) is -0.336. The number of nitrogens with zero attached hydrogens (tertiary/aromatic N) is 1. The molecule has 0 spiro atoms. The molecule has 0 bridgehead atoms. The van der Waals surface area contributed by atoms with Crippen LogP contribution in [0.3, 0.4) is 0 Å². The summed E-state index contributed by atoms with van der Waals surface area (Å²) in [6.45, 7) is 2.00. The lowest BCUT2D eigenvalue weighted by molar-refractivity contribution is -0.137. The Hall–Kier alpha value is -0.810. The highest BCUT2D eigenvalue weighted by Gasteiger charge is 2.25. The van der Waals surface area contributed by atoms with E-state index in [0.717, 1.165) is 20.6 Å². The van der Waals surface area contributed by atoms with Crippen LogP contribution < -0.4 is 0 Å². The van der Waals surface area contributed by atoms with Crippen molar-refractivity contribution in [2.24, 2.45) is 4.99 Å². The van der Waals surface area contributed by atoms with Crippen molar-refractivity contribution in [2.45, 2.75) is 13.0 Å². The van der Waals surface area contributed by atoms with Crippen LogP contribution in [0.15, 0.2) is 27.7 Å². The van der Waals surface area contributed by atoms with Crippen LogP contribution in [0.2, 0.25) is 0 Å². The third kappa shape index (κ3) is 2.30. The van der Waals surface area contributed by atoms with Gasteiger partial charge in [0.1, 0.15) is 0 Å². The predicted octanol–water partition coefficient (Wildman–Crippen LogP) is 2.70. The van der Waals surface area contributed by atoms with E-state index >= 15 is 0 Å². The summed E-state index contributed by atoms with van der Waals surface area (Å²) in [4.78, 5) is 15.0. The maximum Gasteiger partial charge on any atom is 0.329 e. The lowest BCUT2D eigenvalue weighted by Gasteiger charge is -2.04. The van der Waals surface area contributed by atoms with Crippen LogP contribution in [0.4, 0.5) is 0 Å². The highest BCUT2D eigenvalue weighted by Crippen LogP contribution is 2.28. The van der Waals surface area contributed by atoms with Crippen LogP contribution >= 0.6 is 27.7 Å². The number of aryl methyl sites for hydroxylation is 1. The average molecular weight is 300 g/mol. The number of hydrogen-bond acceptors (Lipinski definition) is 3. The number of carbonyl (C=O) groups is 1. The van der Waals surface area contributed by atoms with Crippen LogP contribution in [0.25, 0.3) is 0 Å². The Kier molecular flexibility index (Phi) is 3.35. The molecule has 0 saturated heterocycles. The number of hydrogen-bond donors (Lipinski definition) is 1. The molecule has 3 nitrogen and oxygen atoms in total. The lowest BCUT2D eigenvalue weighted by atomic mass is 10.1. The second kappa shape index (κ2) is 4.59. The second-order valence-electron chi connectivity index (χ2n) is 3.58. The number of aliphatic imine (C=N–C) groups is 1. The first kappa shape index (κ1) is 11.7. The zero-order valence-electron chi connectivity index (χ0n) is 8.61. The molecule has 0 amide bonds. The standard InChI is InChI=1S/C11H10BrNO2S/c1-6-2-3-8(12)7(4-6)10-13-9(5-16-10)11(14)15/h2-4,9H,5H2,1H3,(H,14,15). The average Bonchev–Trinajstić information content (AvgIpc) is 2.70. The molecule has 0 saturated carbocycles. The molecule has 0 aliphatic carbocycles. The maximum absolute atomic E-state index is 10.8. The van der Waals surface area contributed by atoms with Crippen molar-refractivity contribution in [3.05, 3.63) is 33.8 Å². The molecule has 1 atom stereocenters. The van der Waals surface area contributed by atoms with Gasteiger partial charge in [0.15, 0.2) is 6.04 Å². The van der Waals surface area contributed by atoms with Crippen molar-refractivity contribution < 1.29 is 9.90 Å². The van der Waals surface area contributed by atoms with Gasteiger partial charge in [-0.3, -0.25) is 4.99 Å². The molecule has 1 aliphatic heterocycles. The van der Waals surface area contributed by atoms with Gasteiger partial charge in [0.25, 0.3) is 0 Å². The number of benzene rings is 1. The van der Waals surface area contributed by atoms with Gasteiger partial charge in [-0.25, -0.2) is 4.79 Å². The maximum atomic E-state index is 10.8. The minimum Gasteiger partial charge on any atom is -0.480 e. The molecule has 1 heterocycles. The van der Waals surface area contributed by atoms with Gasteiger partial charge in [0.05, 0.1) is 5.04 Å². The van der Waals surface area contributed by atoms with Gasteiger partial charge in [0, 0.05) is 15.8 Å². The van der Waals surface area contributed by atoms with E-state index in [1.807, 2.05) is 25.1 Å². The fourth-order valence-corrected chi connectivity index (χ4v) is 3.08. The molecule has 0 radical (unpaired) electrons. The molecule has 0 aromatic heterocycles. The molecule has 1 aromatic rings. The summed E-state index contributed by atoms with van der Waals surface area (Å²) < 4.78 is 0.954. The van der Waals surface area contributed by atoms with E-state index < -0.39 is 12.0 Å². The molecule has 1 aromatic carbocycles. The summed E-state index contributed by atoms with van der Waals surface area (Å²) in [7, 11) is 0. The first-order valence-corrected chi connectivity index (χ1v) is 6.55. The van der Waals surface area contributed by atoms with Crippen LogP contribution in [0.1, 0.15) is 11.1 Å². The fraction of sp³-hybridized carbons (Fsp3) is 0.273. The summed E-state index contributed by atoms with van der Waals surface area (Å²) in [5.41, 5.74) is 2.12. The minimum atomic E-state index is -0.855. The van der Waals surface area contributed by atoms with Crippen LogP contribution in [0, 0.1) is 6.92 Å². The summed E-state index contributed by atoms with van der Waals surface area (Å²) in [6.07, 6.45) is 0. The van der Waals surface area contributed by atoms with E-state index in [1.165, 1.54) is 11.8 Å². The Morgan fingerprint density at radius 1 is 1.62 bits per heavy atom. The number of aliphatic carboxylic acids is 1. The van der Waals surface area contributed by atoms with Crippen LogP contribution in [0.5, 0.6) is 0 Å². The second-order valence-corrected chi connectivity index (χ2v) is 5.45. The van der Waals surface area contributed by atoms with Crippen molar-refractivity contribution in [1.29, 1.82) is 0 Å². The quantitative estimate of drug-likeness (QED) is 0.913. The van der Waals surface area contributed by atoms with E-state index in [9.17, 15) is 4.79 Å². The van der Waals surface area contributed by atoms with Crippen LogP contribution in [-0.2, 0) is 4.79 Å². The van der Waals surface area contributed by atoms with Crippen molar-refractivity contribution in [3.63, 3.8) is 0 Å². The van der Waals surface area contributed by atoms with Crippen molar-refractivity contribution >= 4 is 38.7 Å². The van der Waals surface area contributed by atoms with Crippen molar-refractivity contribution in [3.8, 4) is 0 Å². The predicted molar refractivity (Wildman–Crippen MR) is 69.3 cm³/mol. The Morgan fingerprint density at radius 3 is 3.00 bits per heavy atom. The number of carboxylic acids is 1. The van der Waals surface area contributed by atoms with E-state index in [-0.39, 0.29) is 0 Å². The van der Waals surface area contributed by atoms with E-state index in [0.29, 0.717) is 5.75 Å². The van der Waals surface area contributed by atoms with E-state index in [2.05, 4.69) is 20.9 Å². The minimum absolute atomic E-state index is 0.519. The highest BCUT2D eigenvalue weighted by molar-refractivity contribution is 9.10. The normalized spacial score (nSPS) is 19.6. The first-order chi connectivity index (χ1) is 7.58. The lowest BCUT2D eigenvalue weighted by Crippen LogP contribution is -2.17. The SMILES string of the molecule is Cc1ccc(Br)c(C2=NC(C(=O)O)CS2)c1. The van der Waals surface area contributed by atoms with Gasteiger partial charge in [-0.05, 0) is 19.1 Å². The monoisotopic (exact) mass is 299 g/mol. The fourth-order valence-electron chi connectivity index (χ4n) is 1.45. The molecular formula is C11H10BrNO2S. The van der Waals surface area contributed by atoms with Crippen molar-refractivity contribution in [1.82, 2.24) is 0 Å². The largest absolute Gasteiger partial charge is 0.480 e. The molecule has 84 valence electrons.